The van der Waals surface area contributed by atoms with E-state index < -0.39 is 0 Å². The van der Waals surface area contributed by atoms with E-state index in [2.05, 4.69) is 58.0 Å². The van der Waals surface area contributed by atoms with Crippen molar-refractivity contribution in [3.05, 3.63) is 48.0 Å². The van der Waals surface area contributed by atoms with Crippen LogP contribution in [0.2, 0.25) is 0 Å². The van der Waals surface area contributed by atoms with Crippen molar-refractivity contribution < 1.29 is 14.3 Å². The monoisotopic (exact) mass is 398 g/mol. The smallest absolute Gasteiger partial charge is 0.313 e. The van der Waals surface area contributed by atoms with E-state index in [0.717, 1.165) is 32.1 Å². The van der Waals surface area contributed by atoms with Crippen molar-refractivity contribution in [3.8, 4) is 0 Å². The Kier molecular flexibility index (Phi) is 9.13. The summed E-state index contributed by atoms with van der Waals surface area (Å²) in [6.45, 7) is 8.85. The molecular weight excluding hydrogens is 360 g/mol. The van der Waals surface area contributed by atoms with Gasteiger partial charge in [-0.25, -0.2) is 0 Å². The van der Waals surface area contributed by atoms with E-state index in [0.29, 0.717) is 18.8 Å². The van der Waals surface area contributed by atoms with Crippen molar-refractivity contribution in [1.82, 2.24) is 0 Å². The average molecular weight is 399 g/mol. The lowest BCUT2D eigenvalue weighted by atomic mass is 9.64. The Labute approximate surface area is 176 Å². The van der Waals surface area contributed by atoms with E-state index in [-0.39, 0.29) is 35.6 Å². The van der Waals surface area contributed by atoms with Crippen LogP contribution in [-0.2, 0) is 19.7 Å². The summed E-state index contributed by atoms with van der Waals surface area (Å²) in [6.07, 6.45) is 10.2. The van der Waals surface area contributed by atoms with Gasteiger partial charge in [-0.3, -0.25) is 9.59 Å². The van der Waals surface area contributed by atoms with Gasteiger partial charge in [0.05, 0.1) is 0 Å². The SMILES string of the molecule is CCC/C=C/CCC(=O)CC(=O)O[C@@H]1C[C@H](C)CC[C@H]1C(C)(C)c1ccccc1. The topological polar surface area (TPSA) is 43.4 Å². The molecule has 0 radical (unpaired) electrons. The summed E-state index contributed by atoms with van der Waals surface area (Å²) in [5.41, 5.74) is 1.19. The third kappa shape index (κ3) is 7.13. The number of rotatable bonds is 10. The molecule has 3 nitrogen and oxygen atoms in total. The molecule has 1 aliphatic rings. The molecule has 0 saturated heterocycles. The molecule has 0 spiro atoms. The first-order valence-electron chi connectivity index (χ1n) is 11.3. The van der Waals surface area contributed by atoms with Crippen molar-refractivity contribution in [1.29, 1.82) is 0 Å². The number of benzene rings is 1. The molecule has 2 rings (SSSR count). The summed E-state index contributed by atoms with van der Waals surface area (Å²) in [4.78, 5) is 24.7. The lowest BCUT2D eigenvalue weighted by Crippen LogP contribution is -2.43. The normalized spacial score (nSPS) is 22.6. The lowest BCUT2D eigenvalue weighted by molar-refractivity contribution is -0.157. The molecular formula is C26H38O3. The Morgan fingerprint density at radius 1 is 1.10 bits per heavy atom. The van der Waals surface area contributed by atoms with Gasteiger partial charge in [0.1, 0.15) is 18.3 Å². The highest BCUT2D eigenvalue weighted by Crippen LogP contribution is 2.43. The number of Topliss-reactive ketones (excluding diaryl/α,β-unsaturated/α-hetero) is 1. The van der Waals surface area contributed by atoms with Crippen molar-refractivity contribution in [3.63, 3.8) is 0 Å². The summed E-state index contributed by atoms with van der Waals surface area (Å²) in [6, 6.07) is 10.5. The number of unbranched alkanes of at least 4 members (excludes halogenated alkanes) is 1. The highest BCUT2D eigenvalue weighted by molar-refractivity contribution is 5.95. The molecule has 1 fully saturated rings. The molecule has 1 aliphatic carbocycles. The third-order valence-corrected chi connectivity index (χ3v) is 6.33. The Morgan fingerprint density at radius 3 is 2.48 bits per heavy atom. The van der Waals surface area contributed by atoms with Gasteiger partial charge in [0.15, 0.2) is 0 Å². The molecule has 1 aromatic carbocycles. The van der Waals surface area contributed by atoms with E-state index in [9.17, 15) is 9.59 Å². The molecule has 0 heterocycles. The second kappa shape index (κ2) is 11.3. The maximum absolute atomic E-state index is 12.5. The largest absolute Gasteiger partial charge is 0.462 e. The fraction of sp³-hybridized carbons (Fsp3) is 0.615. The van der Waals surface area contributed by atoms with Crippen LogP contribution in [-0.4, -0.2) is 17.9 Å². The predicted octanol–water partition coefficient (Wildman–Crippen LogP) is 6.41. The van der Waals surface area contributed by atoms with Crippen molar-refractivity contribution in [2.75, 3.05) is 0 Å². The van der Waals surface area contributed by atoms with Crippen molar-refractivity contribution in [2.24, 2.45) is 11.8 Å². The minimum atomic E-state index is -0.361. The molecule has 0 unspecified atom stereocenters. The number of ketones is 1. The molecule has 3 atom stereocenters. The van der Waals surface area contributed by atoms with Gasteiger partial charge < -0.3 is 4.74 Å². The first-order valence-corrected chi connectivity index (χ1v) is 11.3. The molecule has 0 aromatic heterocycles. The van der Waals surface area contributed by atoms with Gasteiger partial charge >= 0.3 is 5.97 Å². The summed E-state index contributed by atoms with van der Waals surface area (Å²) in [7, 11) is 0. The van der Waals surface area contributed by atoms with Gasteiger partial charge in [-0.1, -0.05) is 83.0 Å². The standard InChI is InChI=1S/C26H38O3/c1-5-6-7-8-12-15-22(27)19-25(28)29-24-18-20(2)16-17-23(24)26(3,4)21-13-10-9-11-14-21/h7-11,13-14,20,23-24H,5-6,12,15-19H2,1-4H3/b8-7+/t20-,23-,24-/m1/s1. The Morgan fingerprint density at radius 2 is 1.79 bits per heavy atom. The average Bonchev–Trinajstić information content (AvgIpc) is 2.68. The van der Waals surface area contributed by atoms with Gasteiger partial charge in [0, 0.05) is 12.3 Å². The molecule has 1 saturated carbocycles. The van der Waals surface area contributed by atoms with E-state index >= 15 is 0 Å². The van der Waals surface area contributed by atoms with Gasteiger partial charge in [-0.15, -0.1) is 0 Å². The number of esters is 1. The fourth-order valence-corrected chi connectivity index (χ4v) is 4.47. The molecule has 0 aliphatic heterocycles. The molecule has 29 heavy (non-hydrogen) atoms. The second-order valence-electron chi connectivity index (χ2n) is 9.15. The number of allylic oxidation sites excluding steroid dienone is 2. The maximum atomic E-state index is 12.5. The Balaban J connectivity index is 1.96. The molecule has 0 bridgehead atoms. The number of hydrogen-bond acceptors (Lipinski definition) is 3. The highest BCUT2D eigenvalue weighted by Gasteiger charge is 2.42. The predicted molar refractivity (Wildman–Crippen MR) is 119 cm³/mol. The summed E-state index contributed by atoms with van der Waals surface area (Å²) in [5, 5.41) is 0. The van der Waals surface area contributed by atoms with E-state index in [1.807, 2.05) is 12.1 Å². The number of ether oxygens (including phenoxy) is 1. The molecule has 0 N–H and O–H groups in total. The van der Waals surface area contributed by atoms with Crippen LogP contribution in [0.25, 0.3) is 0 Å². The van der Waals surface area contributed by atoms with Crippen LogP contribution >= 0.6 is 0 Å². The van der Waals surface area contributed by atoms with Crippen LogP contribution in [0.5, 0.6) is 0 Å². The van der Waals surface area contributed by atoms with Crippen molar-refractivity contribution >= 4 is 11.8 Å². The van der Waals surface area contributed by atoms with Crippen LogP contribution in [0.15, 0.2) is 42.5 Å². The first kappa shape index (κ1) is 23.4. The van der Waals surface area contributed by atoms with Crippen molar-refractivity contribution in [2.45, 2.75) is 90.6 Å². The zero-order valence-corrected chi connectivity index (χ0v) is 18.7. The second-order valence-corrected chi connectivity index (χ2v) is 9.15. The van der Waals surface area contributed by atoms with Gasteiger partial charge in [-0.2, -0.15) is 0 Å². The molecule has 0 amide bonds. The minimum Gasteiger partial charge on any atom is -0.462 e. The summed E-state index contributed by atoms with van der Waals surface area (Å²) >= 11 is 0. The summed E-state index contributed by atoms with van der Waals surface area (Å²) in [5.74, 6) is 0.409. The van der Waals surface area contributed by atoms with Crippen LogP contribution in [0.3, 0.4) is 0 Å². The fourth-order valence-electron chi connectivity index (χ4n) is 4.47. The molecule has 3 heteroatoms. The quantitative estimate of drug-likeness (QED) is 0.260. The van der Waals surface area contributed by atoms with Gasteiger partial charge in [0.25, 0.3) is 0 Å². The molecule has 160 valence electrons. The summed E-state index contributed by atoms with van der Waals surface area (Å²) < 4.78 is 5.92. The van der Waals surface area contributed by atoms with E-state index in [1.165, 1.54) is 5.56 Å². The molecule has 1 aromatic rings. The number of carbonyl (C=O) groups is 2. The lowest BCUT2D eigenvalue weighted by Gasteiger charge is -2.44. The Hall–Kier alpha value is -1.90. The maximum Gasteiger partial charge on any atom is 0.313 e. The van der Waals surface area contributed by atoms with Crippen LogP contribution in [0, 0.1) is 11.8 Å². The van der Waals surface area contributed by atoms with Crippen LogP contribution < -0.4 is 0 Å². The highest BCUT2D eigenvalue weighted by atomic mass is 16.5. The first-order chi connectivity index (χ1) is 13.8. The Bertz CT molecular complexity index is 674. The van der Waals surface area contributed by atoms with Crippen LogP contribution in [0.4, 0.5) is 0 Å². The van der Waals surface area contributed by atoms with Gasteiger partial charge in [-0.05, 0) is 42.6 Å². The van der Waals surface area contributed by atoms with E-state index in [4.69, 9.17) is 4.74 Å². The number of hydrogen-bond donors (Lipinski definition) is 0. The van der Waals surface area contributed by atoms with Gasteiger partial charge in [0.2, 0.25) is 0 Å². The zero-order chi connectivity index (χ0) is 21.3. The number of carbonyl (C=O) groups excluding carboxylic acids is 2. The van der Waals surface area contributed by atoms with E-state index in [1.54, 1.807) is 0 Å². The zero-order valence-electron chi connectivity index (χ0n) is 18.7. The third-order valence-electron chi connectivity index (χ3n) is 6.33. The minimum absolute atomic E-state index is 0.0288. The van der Waals surface area contributed by atoms with Crippen LogP contribution in [0.1, 0.15) is 84.6 Å².